The Kier molecular flexibility index (Phi) is 7.08. The average molecular weight is 328 g/mol. The van der Waals surface area contributed by atoms with Gasteiger partial charge >= 0.3 is 0 Å². The first-order chi connectivity index (χ1) is 10.6. The van der Waals surface area contributed by atoms with Crippen molar-refractivity contribution in [3.8, 4) is 5.19 Å². The number of aromatic nitrogens is 1. The molecule has 1 saturated carbocycles. The molecule has 0 unspecified atom stereocenters. The highest BCUT2D eigenvalue weighted by Gasteiger charge is 2.15. The number of hydrogen-bond acceptors (Lipinski definition) is 6. The Balaban J connectivity index is 1.62. The Morgan fingerprint density at radius 1 is 1.45 bits per heavy atom. The summed E-state index contributed by atoms with van der Waals surface area (Å²) in [6.45, 7) is 0.181. The summed E-state index contributed by atoms with van der Waals surface area (Å²) < 4.78 is 5.26. The molecule has 1 aromatic heterocycles. The van der Waals surface area contributed by atoms with Crippen LogP contribution >= 0.6 is 11.3 Å². The van der Waals surface area contributed by atoms with E-state index in [4.69, 9.17) is 14.9 Å². The lowest BCUT2D eigenvalue weighted by molar-refractivity contribution is -0.116. The van der Waals surface area contributed by atoms with E-state index in [9.17, 15) is 4.79 Å². The molecule has 1 heterocycles. The summed E-state index contributed by atoms with van der Waals surface area (Å²) in [6, 6.07) is 0. The number of carbonyl (C=O) groups excluding carboxylic acids is 1. The summed E-state index contributed by atoms with van der Waals surface area (Å²) in [5, 5.41) is 21.3. The van der Waals surface area contributed by atoms with E-state index in [-0.39, 0.29) is 18.9 Å². The smallest absolute Gasteiger partial charge is 0.275 e. The Morgan fingerprint density at radius 3 is 2.95 bits per heavy atom. The molecule has 6 nitrogen and oxygen atoms in total. The van der Waals surface area contributed by atoms with Crippen LogP contribution in [-0.4, -0.2) is 34.0 Å². The predicted octanol–water partition coefficient (Wildman–Crippen LogP) is 2.52. The van der Waals surface area contributed by atoms with Crippen LogP contribution in [-0.2, 0) is 4.79 Å². The topological polar surface area (TPSA) is 91.7 Å². The van der Waals surface area contributed by atoms with E-state index >= 15 is 0 Å². The number of carbonyl (C=O) groups is 1. The van der Waals surface area contributed by atoms with Crippen molar-refractivity contribution in [3.05, 3.63) is 6.20 Å². The lowest BCUT2D eigenvalue weighted by atomic mass is 10.0. The van der Waals surface area contributed by atoms with Gasteiger partial charge in [-0.1, -0.05) is 37.0 Å². The van der Waals surface area contributed by atoms with Crippen LogP contribution in [0.25, 0.3) is 0 Å². The van der Waals surface area contributed by atoms with Crippen LogP contribution in [0.3, 0.4) is 0 Å². The fourth-order valence-corrected chi connectivity index (χ4v) is 3.39. The zero-order chi connectivity index (χ0) is 15.8. The summed E-state index contributed by atoms with van der Waals surface area (Å²) in [4.78, 5) is 15.9. The molecule has 1 amide bonds. The molecule has 124 valence electrons. The maximum atomic E-state index is 11.9. The van der Waals surface area contributed by atoms with E-state index in [0.29, 0.717) is 16.6 Å². The van der Waals surface area contributed by atoms with Crippen molar-refractivity contribution in [2.75, 3.05) is 11.9 Å². The van der Waals surface area contributed by atoms with Crippen molar-refractivity contribution in [3.63, 3.8) is 0 Å². The summed E-state index contributed by atoms with van der Waals surface area (Å²) in [7, 11) is 0. The Labute approximate surface area is 134 Å². The Hall–Kier alpha value is -1.18. The average Bonchev–Trinajstić information content (AvgIpc) is 3.10. The van der Waals surface area contributed by atoms with Crippen molar-refractivity contribution in [2.24, 2.45) is 5.92 Å². The highest BCUT2D eigenvalue weighted by Crippen LogP contribution is 2.29. The molecule has 1 aromatic rings. The fourth-order valence-electron chi connectivity index (χ4n) is 2.68. The van der Waals surface area contributed by atoms with Gasteiger partial charge in [0.25, 0.3) is 5.19 Å². The van der Waals surface area contributed by atoms with Gasteiger partial charge in [0.15, 0.2) is 6.29 Å². The molecule has 1 aliphatic carbocycles. The zero-order valence-corrected chi connectivity index (χ0v) is 13.5. The van der Waals surface area contributed by atoms with E-state index in [1.165, 1.54) is 37.0 Å². The van der Waals surface area contributed by atoms with Gasteiger partial charge in [-0.05, 0) is 18.8 Å². The minimum Gasteiger partial charge on any atom is -0.470 e. The van der Waals surface area contributed by atoms with Crippen molar-refractivity contribution in [1.82, 2.24) is 4.98 Å². The monoisotopic (exact) mass is 328 g/mol. The number of thiazole rings is 1. The van der Waals surface area contributed by atoms with Crippen LogP contribution < -0.4 is 10.1 Å². The van der Waals surface area contributed by atoms with Crippen molar-refractivity contribution in [2.45, 2.75) is 57.7 Å². The number of amides is 1. The van der Waals surface area contributed by atoms with Gasteiger partial charge in [-0.3, -0.25) is 4.79 Å². The molecule has 1 fully saturated rings. The minimum absolute atomic E-state index is 0.0129. The second kappa shape index (κ2) is 9.07. The van der Waals surface area contributed by atoms with Crippen LogP contribution in [0, 0.1) is 5.92 Å². The molecule has 3 N–H and O–H groups in total. The van der Waals surface area contributed by atoms with Crippen molar-refractivity contribution < 1.29 is 19.7 Å². The molecular formula is C15H24N2O4S. The minimum atomic E-state index is -1.38. The summed E-state index contributed by atoms with van der Waals surface area (Å²) in [5.74, 6) is 0.831. The quantitative estimate of drug-likeness (QED) is 0.606. The molecule has 1 aliphatic rings. The second-order valence-electron chi connectivity index (χ2n) is 5.70. The van der Waals surface area contributed by atoms with E-state index in [2.05, 4.69) is 10.3 Å². The Morgan fingerprint density at radius 2 is 2.23 bits per heavy atom. The third-order valence-electron chi connectivity index (χ3n) is 3.84. The fraction of sp³-hybridized carbons (Fsp3) is 0.733. The third kappa shape index (κ3) is 6.29. The number of anilines is 1. The van der Waals surface area contributed by atoms with Gasteiger partial charge in [0.05, 0.1) is 12.8 Å². The summed E-state index contributed by atoms with van der Waals surface area (Å²) in [6.07, 6.45) is 8.26. The molecule has 0 aliphatic heterocycles. The van der Waals surface area contributed by atoms with E-state index in [1.807, 2.05) is 0 Å². The van der Waals surface area contributed by atoms with Crippen LogP contribution in [0.5, 0.6) is 5.19 Å². The van der Waals surface area contributed by atoms with Gasteiger partial charge < -0.3 is 20.3 Å². The summed E-state index contributed by atoms with van der Waals surface area (Å²) in [5.41, 5.74) is 0. The molecule has 0 aromatic carbocycles. The first-order valence-corrected chi connectivity index (χ1v) is 8.70. The maximum absolute atomic E-state index is 11.9. The van der Waals surface area contributed by atoms with Gasteiger partial charge in [0, 0.05) is 12.8 Å². The highest BCUT2D eigenvalue weighted by atomic mass is 32.1. The lowest BCUT2D eigenvalue weighted by Gasteiger charge is -2.07. The second-order valence-corrected chi connectivity index (χ2v) is 6.69. The van der Waals surface area contributed by atoms with Crippen LogP contribution in [0.1, 0.15) is 51.4 Å². The summed E-state index contributed by atoms with van der Waals surface area (Å²) >= 11 is 1.24. The van der Waals surface area contributed by atoms with Gasteiger partial charge in [-0.2, -0.15) is 0 Å². The molecule has 0 radical (unpaired) electrons. The van der Waals surface area contributed by atoms with Crippen LogP contribution in [0.2, 0.25) is 0 Å². The molecule has 2 rings (SSSR count). The maximum Gasteiger partial charge on any atom is 0.275 e. The third-order valence-corrected chi connectivity index (χ3v) is 4.66. The van der Waals surface area contributed by atoms with Gasteiger partial charge in [0.1, 0.15) is 5.00 Å². The lowest BCUT2D eigenvalue weighted by Crippen LogP contribution is -2.10. The van der Waals surface area contributed by atoms with Gasteiger partial charge in [-0.25, -0.2) is 4.98 Å². The van der Waals surface area contributed by atoms with Crippen LogP contribution in [0.4, 0.5) is 5.00 Å². The number of nitrogens with one attached hydrogen (secondary N) is 1. The molecule has 0 saturated heterocycles. The largest absolute Gasteiger partial charge is 0.470 e. The normalized spacial score (nSPS) is 15.4. The van der Waals surface area contributed by atoms with E-state index in [0.717, 1.165) is 18.8 Å². The molecular weight excluding hydrogens is 304 g/mol. The van der Waals surface area contributed by atoms with Crippen LogP contribution in [0.15, 0.2) is 6.20 Å². The van der Waals surface area contributed by atoms with E-state index < -0.39 is 6.29 Å². The van der Waals surface area contributed by atoms with E-state index in [1.54, 1.807) is 6.20 Å². The van der Waals surface area contributed by atoms with Gasteiger partial charge in [0.2, 0.25) is 5.91 Å². The highest BCUT2D eigenvalue weighted by molar-refractivity contribution is 7.17. The number of aliphatic hydroxyl groups excluding tert-OH is 1. The predicted molar refractivity (Wildman–Crippen MR) is 84.9 cm³/mol. The zero-order valence-electron chi connectivity index (χ0n) is 12.7. The number of hydrogen-bond donors (Lipinski definition) is 3. The van der Waals surface area contributed by atoms with Gasteiger partial charge in [-0.15, -0.1) is 0 Å². The molecule has 7 heteroatoms. The number of ether oxygens (including phenoxy) is 1. The van der Waals surface area contributed by atoms with Crippen molar-refractivity contribution >= 4 is 22.2 Å². The van der Waals surface area contributed by atoms with Crippen molar-refractivity contribution in [1.29, 1.82) is 0 Å². The SMILES string of the molecule is O=C(CCCC1CCCC1)Nc1cnc(OCCC(O)O)s1. The standard InChI is InChI=1S/C15H24N2O4S/c18-12(7-3-6-11-4-1-2-5-11)17-13-10-16-15(22-13)21-9-8-14(19)20/h10-11,14,19-20H,1-9H2,(H,17,18). The number of rotatable bonds is 9. The Bertz CT molecular complexity index is 458. The first kappa shape index (κ1) is 17.2. The molecule has 0 bridgehead atoms. The molecule has 22 heavy (non-hydrogen) atoms. The first-order valence-electron chi connectivity index (χ1n) is 7.88. The number of aliphatic hydroxyl groups is 2. The molecule has 0 atom stereocenters. The molecule has 0 spiro atoms. The number of nitrogens with zero attached hydrogens (tertiary/aromatic N) is 1.